The van der Waals surface area contributed by atoms with E-state index in [0.717, 1.165) is 22.5 Å². The summed E-state index contributed by atoms with van der Waals surface area (Å²) in [6.45, 7) is 2.03. The maximum Gasteiger partial charge on any atom is 0.253 e. The Morgan fingerprint density at radius 2 is 2.00 bits per heavy atom. The first-order valence-electron chi connectivity index (χ1n) is 7.29. The van der Waals surface area contributed by atoms with Gasteiger partial charge in [0.25, 0.3) is 11.5 Å². The summed E-state index contributed by atoms with van der Waals surface area (Å²) in [5.41, 5.74) is 2.20. The lowest BCUT2D eigenvalue weighted by molar-refractivity contribution is 0.0950. The third kappa shape index (κ3) is 3.54. The van der Waals surface area contributed by atoms with Gasteiger partial charge < -0.3 is 10.3 Å². The molecule has 0 aliphatic carbocycles. The molecule has 1 aromatic heterocycles. The second kappa shape index (κ2) is 6.57. The van der Waals surface area contributed by atoms with E-state index in [9.17, 15) is 14.0 Å². The predicted octanol–water partition coefficient (Wildman–Crippen LogP) is 3.67. The molecule has 2 N–H and O–H groups in total. The van der Waals surface area contributed by atoms with Crippen LogP contribution in [0, 0.1) is 12.7 Å². The third-order valence-corrected chi connectivity index (χ3v) is 4.10. The Hall–Kier alpha value is -2.47. The van der Waals surface area contributed by atoms with Gasteiger partial charge in [-0.25, -0.2) is 4.39 Å². The van der Waals surface area contributed by atoms with Gasteiger partial charge in [-0.3, -0.25) is 9.59 Å². The second-order valence-corrected chi connectivity index (χ2v) is 6.47. The lowest BCUT2D eigenvalue weighted by Crippen LogP contribution is -2.26. The van der Waals surface area contributed by atoms with Crippen LogP contribution in [0.25, 0.3) is 10.9 Å². The van der Waals surface area contributed by atoms with Crippen molar-refractivity contribution in [1.82, 2.24) is 10.3 Å². The molecule has 1 amide bonds. The molecule has 0 aliphatic heterocycles. The molecule has 6 heteroatoms. The molecule has 0 aliphatic rings. The van der Waals surface area contributed by atoms with E-state index in [4.69, 9.17) is 0 Å². The predicted molar refractivity (Wildman–Crippen MR) is 94.6 cm³/mol. The number of rotatable bonds is 3. The third-order valence-electron chi connectivity index (χ3n) is 3.64. The number of H-pyrrole nitrogens is 1. The number of aromatic nitrogens is 1. The minimum atomic E-state index is -0.506. The fourth-order valence-corrected chi connectivity index (χ4v) is 2.93. The molecule has 0 atom stereocenters. The number of pyridine rings is 1. The van der Waals surface area contributed by atoms with Crippen molar-refractivity contribution in [2.75, 3.05) is 0 Å². The topological polar surface area (TPSA) is 62.0 Å². The molecule has 0 saturated heterocycles. The standard InChI is InChI=1S/C18H14BrFN2O2/c1-10-2-3-16-11(4-10)5-13(18(24)22-16)9-21-17(23)12-6-14(19)8-15(20)7-12/h2-8H,9H2,1H3,(H,21,23)(H,22,24). The van der Waals surface area contributed by atoms with Gasteiger partial charge in [0.05, 0.1) is 0 Å². The van der Waals surface area contributed by atoms with Gasteiger partial charge in [0.15, 0.2) is 0 Å². The average Bonchev–Trinajstić information content (AvgIpc) is 2.52. The van der Waals surface area contributed by atoms with Crippen LogP contribution in [-0.4, -0.2) is 10.9 Å². The molecule has 0 spiro atoms. The summed E-state index contributed by atoms with van der Waals surface area (Å²) in [6, 6.07) is 11.4. The van der Waals surface area contributed by atoms with Gasteiger partial charge in [-0.2, -0.15) is 0 Å². The van der Waals surface area contributed by atoms with Gasteiger partial charge in [-0.15, -0.1) is 0 Å². The summed E-state index contributed by atoms with van der Waals surface area (Å²) in [4.78, 5) is 27.0. The summed E-state index contributed by atoms with van der Waals surface area (Å²) < 4.78 is 13.8. The number of aromatic amines is 1. The summed E-state index contributed by atoms with van der Waals surface area (Å²) in [6.07, 6.45) is 0. The zero-order chi connectivity index (χ0) is 17.3. The molecule has 0 fully saturated rings. The van der Waals surface area contributed by atoms with E-state index in [1.54, 1.807) is 6.07 Å². The van der Waals surface area contributed by atoms with Crippen LogP contribution >= 0.6 is 15.9 Å². The molecular weight excluding hydrogens is 375 g/mol. The SMILES string of the molecule is Cc1ccc2[nH]c(=O)c(CNC(=O)c3cc(F)cc(Br)c3)cc2c1. The Bertz CT molecular complexity index is 978. The number of amides is 1. The molecule has 24 heavy (non-hydrogen) atoms. The van der Waals surface area contributed by atoms with Gasteiger partial charge in [0.1, 0.15) is 5.82 Å². The van der Waals surface area contributed by atoms with Crippen LogP contribution < -0.4 is 10.9 Å². The van der Waals surface area contributed by atoms with E-state index in [1.807, 2.05) is 25.1 Å². The second-order valence-electron chi connectivity index (χ2n) is 5.56. The monoisotopic (exact) mass is 388 g/mol. The Kier molecular flexibility index (Phi) is 4.49. The van der Waals surface area contributed by atoms with Crippen molar-refractivity contribution >= 4 is 32.7 Å². The molecule has 3 aromatic rings. The van der Waals surface area contributed by atoms with Crippen molar-refractivity contribution in [3.8, 4) is 0 Å². The number of carbonyl (C=O) groups excluding carboxylic acids is 1. The maximum atomic E-state index is 13.4. The number of halogens is 2. The zero-order valence-electron chi connectivity index (χ0n) is 12.8. The van der Waals surface area contributed by atoms with Crippen molar-refractivity contribution in [3.63, 3.8) is 0 Å². The van der Waals surface area contributed by atoms with Crippen LogP contribution in [0.15, 0.2) is 51.7 Å². The van der Waals surface area contributed by atoms with Crippen LogP contribution in [0.3, 0.4) is 0 Å². The minimum absolute atomic E-state index is 0.0617. The maximum absolute atomic E-state index is 13.4. The number of carbonyl (C=O) groups is 1. The lowest BCUT2D eigenvalue weighted by atomic mass is 10.1. The van der Waals surface area contributed by atoms with Crippen molar-refractivity contribution in [2.45, 2.75) is 13.5 Å². The van der Waals surface area contributed by atoms with Gasteiger partial charge in [0, 0.05) is 27.7 Å². The van der Waals surface area contributed by atoms with Crippen LogP contribution in [0.1, 0.15) is 21.5 Å². The van der Waals surface area contributed by atoms with E-state index in [-0.39, 0.29) is 17.7 Å². The Balaban J connectivity index is 1.83. The number of benzene rings is 2. The lowest BCUT2D eigenvalue weighted by Gasteiger charge is -2.07. The van der Waals surface area contributed by atoms with Crippen LogP contribution in [0.2, 0.25) is 0 Å². The van der Waals surface area contributed by atoms with Crippen LogP contribution in [0.5, 0.6) is 0 Å². The highest BCUT2D eigenvalue weighted by atomic mass is 79.9. The number of aryl methyl sites for hydroxylation is 1. The van der Waals surface area contributed by atoms with Crippen LogP contribution in [0.4, 0.5) is 4.39 Å². The van der Waals surface area contributed by atoms with E-state index in [2.05, 4.69) is 26.2 Å². The highest BCUT2D eigenvalue weighted by Gasteiger charge is 2.10. The zero-order valence-corrected chi connectivity index (χ0v) is 14.4. The van der Waals surface area contributed by atoms with Crippen molar-refractivity contribution in [1.29, 1.82) is 0 Å². The summed E-state index contributed by atoms with van der Waals surface area (Å²) in [7, 11) is 0. The summed E-state index contributed by atoms with van der Waals surface area (Å²) >= 11 is 3.15. The molecule has 1 heterocycles. The first-order valence-corrected chi connectivity index (χ1v) is 8.08. The Morgan fingerprint density at radius 3 is 2.75 bits per heavy atom. The summed E-state index contributed by atoms with van der Waals surface area (Å²) in [5, 5.41) is 3.54. The number of nitrogens with one attached hydrogen (secondary N) is 2. The molecule has 0 bridgehead atoms. The number of hydrogen-bond acceptors (Lipinski definition) is 2. The highest BCUT2D eigenvalue weighted by molar-refractivity contribution is 9.10. The normalized spacial score (nSPS) is 10.8. The minimum Gasteiger partial charge on any atom is -0.348 e. The Labute approximate surface area is 145 Å². The average molecular weight is 389 g/mol. The van der Waals surface area contributed by atoms with E-state index in [0.29, 0.717) is 10.0 Å². The van der Waals surface area contributed by atoms with E-state index < -0.39 is 11.7 Å². The van der Waals surface area contributed by atoms with Crippen molar-refractivity contribution in [2.24, 2.45) is 0 Å². The van der Waals surface area contributed by atoms with Crippen molar-refractivity contribution < 1.29 is 9.18 Å². The van der Waals surface area contributed by atoms with Gasteiger partial charge >= 0.3 is 0 Å². The quantitative estimate of drug-likeness (QED) is 0.718. The van der Waals surface area contributed by atoms with Gasteiger partial charge in [-0.05, 0) is 48.7 Å². The van der Waals surface area contributed by atoms with Crippen LogP contribution in [-0.2, 0) is 6.54 Å². The summed E-state index contributed by atoms with van der Waals surface area (Å²) in [5.74, 6) is -0.951. The fraction of sp³-hybridized carbons (Fsp3) is 0.111. The van der Waals surface area contributed by atoms with Gasteiger partial charge in [-0.1, -0.05) is 27.6 Å². The number of fused-ring (bicyclic) bond motifs is 1. The largest absolute Gasteiger partial charge is 0.348 e. The first-order chi connectivity index (χ1) is 11.4. The smallest absolute Gasteiger partial charge is 0.253 e. The molecule has 0 radical (unpaired) electrons. The highest BCUT2D eigenvalue weighted by Crippen LogP contribution is 2.15. The molecule has 3 rings (SSSR count). The fourth-order valence-electron chi connectivity index (χ4n) is 2.47. The van der Waals surface area contributed by atoms with E-state index >= 15 is 0 Å². The van der Waals surface area contributed by atoms with E-state index in [1.165, 1.54) is 12.1 Å². The molecular formula is C18H14BrFN2O2. The molecule has 0 unspecified atom stereocenters. The number of hydrogen-bond donors (Lipinski definition) is 2. The molecule has 4 nitrogen and oxygen atoms in total. The first kappa shape index (κ1) is 16.4. The van der Waals surface area contributed by atoms with Gasteiger partial charge in [0.2, 0.25) is 0 Å². The Morgan fingerprint density at radius 1 is 1.21 bits per heavy atom. The molecule has 0 saturated carbocycles. The van der Waals surface area contributed by atoms with Crippen molar-refractivity contribution in [3.05, 3.63) is 79.8 Å². The molecule has 2 aromatic carbocycles. The molecule has 122 valence electrons.